The second-order valence-electron chi connectivity index (χ2n) is 4.99. The Bertz CT molecular complexity index is 768. The van der Waals surface area contributed by atoms with Crippen molar-refractivity contribution in [3.05, 3.63) is 52.8 Å². The summed E-state index contributed by atoms with van der Waals surface area (Å²) in [4.78, 5) is 24.6. The number of hydrogen-bond acceptors (Lipinski definition) is 4. The largest absolute Gasteiger partial charge is 0.481 e. The lowest BCUT2D eigenvalue weighted by atomic mass is 10.2. The first-order valence-corrected chi connectivity index (χ1v) is 7.99. The van der Waals surface area contributed by atoms with Gasteiger partial charge in [0.2, 0.25) is 0 Å². The molecule has 0 aliphatic rings. The lowest BCUT2D eigenvalue weighted by Crippen LogP contribution is -2.25. The number of carbonyl (C=O) groups is 2. The van der Waals surface area contributed by atoms with E-state index in [0.29, 0.717) is 15.8 Å². The second-order valence-corrected chi connectivity index (χ2v) is 5.90. The molecule has 132 valence electrons. The molecule has 8 heteroatoms. The summed E-state index contributed by atoms with van der Waals surface area (Å²) in [7, 11) is 2.86. The van der Waals surface area contributed by atoms with E-state index >= 15 is 0 Å². The quantitative estimate of drug-likeness (QED) is 0.813. The van der Waals surface area contributed by atoms with E-state index in [9.17, 15) is 14.0 Å². The highest BCUT2D eigenvalue weighted by Gasteiger charge is 2.11. The molecule has 0 saturated heterocycles. The second kappa shape index (κ2) is 8.48. The normalized spacial score (nSPS) is 10.1. The van der Waals surface area contributed by atoms with Crippen LogP contribution in [0.5, 0.6) is 5.75 Å². The molecule has 0 bridgehead atoms. The first kappa shape index (κ1) is 18.7. The highest BCUT2D eigenvalue weighted by Crippen LogP contribution is 2.21. The third-order valence-electron chi connectivity index (χ3n) is 3.24. The summed E-state index contributed by atoms with van der Waals surface area (Å²) >= 11 is 3.14. The number of halogens is 2. The highest BCUT2D eigenvalue weighted by atomic mass is 79.9. The number of nitrogens with zero attached hydrogens (tertiary/aromatic N) is 1. The molecule has 6 nitrogen and oxygen atoms in total. The van der Waals surface area contributed by atoms with E-state index in [1.165, 1.54) is 24.1 Å². The number of methoxy groups -OCH3 is 1. The first-order valence-electron chi connectivity index (χ1n) is 7.20. The Labute approximate surface area is 152 Å². The van der Waals surface area contributed by atoms with Gasteiger partial charge in [0.05, 0.1) is 7.11 Å². The fourth-order valence-electron chi connectivity index (χ4n) is 1.94. The molecular weight excluding hydrogens is 395 g/mol. The van der Waals surface area contributed by atoms with E-state index in [-0.39, 0.29) is 12.4 Å². The van der Waals surface area contributed by atoms with Crippen molar-refractivity contribution in [3.63, 3.8) is 0 Å². The Morgan fingerprint density at radius 1 is 1.20 bits per heavy atom. The molecule has 0 aliphatic heterocycles. The number of ether oxygens (including phenoxy) is 2. The monoisotopic (exact) mass is 410 g/mol. The Balaban J connectivity index is 1.91. The molecule has 0 heterocycles. The maximum Gasteiger partial charge on any atom is 0.413 e. The molecule has 2 aromatic carbocycles. The number of anilines is 2. The minimum Gasteiger partial charge on any atom is -0.481 e. The summed E-state index contributed by atoms with van der Waals surface area (Å²) in [5.74, 6) is -0.998. The van der Waals surface area contributed by atoms with E-state index in [1.54, 1.807) is 37.4 Å². The number of hydrogen-bond donors (Lipinski definition) is 1. The van der Waals surface area contributed by atoms with Crippen LogP contribution < -0.4 is 15.0 Å². The van der Waals surface area contributed by atoms with Gasteiger partial charge in [-0.2, -0.15) is 0 Å². The van der Waals surface area contributed by atoms with Gasteiger partial charge < -0.3 is 14.8 Å². The van der Waals surface area contributed by atoms with Crippen LogP contribution in [0.3, 0.4) is 0 Å². The van der Waals surface area contributed by atoms with Gasteiger partial charge in [-0.15, -0.1) is 0 Å². The van der Waals surface area contributed by atoms with Crippen LogP contribution in [0.25, 0.3) is 0 Å². The molecule has 0 atom stereocenters. The molecule has 0 spiro atoms. The summed E-state index contributed by atoms with van der Waals surface area (Å²) in [6.07, 6.45) is -0.498. The van der Waals surface area contributed by atoms with Gasteiger partial charge in [0.1, 0.15) is 0 Å². The predicted molar refractivity (Wildman–Crippen MR) is 95.5 cm³/mol. The van der Waals surface area contributed by atoms with Crippen molar-refractivity contribution in [3.8, 4) is 5.75 Å². The molecule has 0 aromatic heterocycles. The zero-order chi connectivity index (χ0) is 18.4. The van der Waals surface area contributed by atoms with E-state index in [2.05, 4.69) is 26.0 Å². The smallest absolute Gasteiger partial charge is 0.413 e. The topological polar surface area (TPSA) is 67.9 Å². The molecule has 0 radical (unpaired) electrons. The molecule has 25 heavy (non-hydrogen) atoms. The molecule has 2 amide bonds. The molecule has 1 N–H and O–H groups in total. The Morgan fingerprint density at radius 2 is 1.88 bits per heavy atom. The molecule has 2 aromatic rings. The van der Waals surface area contributed by atoms with E-state index in [4.69, 9.17) is 4.74 Å². The van der Waals surface area contributed by atoms with E-state index in [1.807, 2.05) is 0 Å². The maximum absolute atomic E-state index is 13.6. The minimum atomic E-state index is -0.558. The third kappa shape index (κ3) is 5.18. The molecule has 0 saturated carbocycles. The van der Waals surface area contributed by atoms with Gasteiger partial charge in [0, 0.05) is 22.9 Å². The summed E-state index contributed by atoms with van der Waals surface area (Å²) in [6, 6.07) is 10.9. The molecular formula is C17H16BrFN2O4. The summed E-state index contributed by atoms with van der Waals surface area (Å²) in [6.45, 7) is -0.331. The SMILES string of the molecule is COC(=O)N(C)c1ccc(NC(=O)COc2ccc(Br)cc2F)cc1. The predicted octanol–water partition coefficient (Wildman–Crippen LogP) is 3.81. The van der Waals surface area contributed by atoms with Crippen LogP contribution in [0.1, 0.15) is 0 Å². The van der Waals surface area contributed by atoms with Gasteiger partial charge in [-0.3, -0.25) is 9.69 Å². The van der Waals surface area contributed by atoms with Crippen molar-refractivity contribution >= 4 is 39.3 Å². The Morgan fingerprint density at radius 3 is 2.48 bits per heavy atom. The lowest BCUT2D eigenvalue weighted by molar-refractivity contribution is -0.118. The average molecular weight is 411 g/mol. The summed E-state index contributed by atoms with van der Waals surface area (Å²) < 4.78 is 24.0. The fraction of sp³-hybridized carbons (Fsp3) is 0.176. The zero-order valence-corrected chi connectivity index (χ0v) is 15.2. The van der Waals surface area contributed by atoms with Crippen LogP contribution in [0.4, 0.5) is 20.6 Å². The lowest BCUT2D eigenvalue weighted by Gasteiger charge is -2.16. The molecule has 0 aliphatic carbocycles. The standard InChI is InChI=1S/C17H16BrFN2O4/c1-21(17(23)24-2)13-6-4-12(5-7-13)20-16(22)10-25-15-8-3-11(18)9-14(15)19/h3-9H,10H2,1-2H3,(H,20,22). The minimum absolute atomic E-state index is 0.00611. The van der Waals surface area contributed by atoms with Gasteiger partial charge in [0.15, 0.2) is 18.2 Å². The molecule has 0 fully saturated rings. The van der Waals surface area contributed by atoms with Gasteiger partial charge >= 0.3 is 6.09 Å². The zero-order valence-electron chi connectivity index (χ0n) is 13.6. The van der Waals surface area contributed by atoms with Crippen molar-refractivity contribution in [1.82, 2.24) is 0 Å². The van der Waals surface area contributed by atoms with Crippen LogP contribution in [0, 0.1) is 5.82 Å². The van der Waals surface area contributed by atoms with Crippen molar-refractivity contribution in [2.24, 2.45) is 0 Å². The third-order valence-corrected chi connectivity index (χ3v) is 3.73. The van der Waals surface area contributed by atoms with E-state index in [0.717, 1.165) is 0 Å². The summed E-state index contributed by atoms with van der Waals surface area (Å²) in [5, 5.41) is 2.62. The van der Waals surface area contributed by atoms with E-state index < -0.39 is 17.8 Å². The van der Waals surface area contributed by atoms with Crippen LogP contribution in [-0.4, -0.2) is 32.8 Å². The van der Waals surface area contributed by atoms with Crippen molar-refractivity contribution in [1.29, 1.82) is 0 Å². The van der Waals surface area contributed by atoms with Crippen molar-refractivity contribution in [2.75, 3.05) is 31.0 Å². The van der Waals surface area contributed by atoms with Gasteiger partial charge in [-0.25, -0.2) is 9.18 Å². The van der Waals surface area contributed by atoms with Crippen LogP contribution in [0.15, 0.2) is 46.9 Å². The summed E-state index contributed by atoms with van der Waals surface area (Å²) in [5.41, 5.74) is 1.13. The van der Waals surface area contributed by atoms with Crippen molar-refractivity contribution < 1.29 is 23.5 Å². The molecule has 0 unspecified atom stereocenters. The van der Waals surface area contributed by atoms with Crippen LogP contribution in [-0.2, 0) is 9.53 Å². The first-order chi connectivity index (χ1) is 11.9. The highest BCUT2D eigenvalue weighted by molar-refractivity contribution is 9.10. The van der Waals surface area contributed by atoms with Gasteiger partial charge in [-0.1, -0.05) is 15.9 Å². The maximum atomic E-state index is 13.6. The number of amides is 2. The van der Waals surface area contributed by atoms with Crippen molar-refractivity contribution in [2.45, 2.75) is 0 Å². The van der Waals surface area contributed by atoms with Gasteiger partial charge in [0.25, 0.3) is 5.91 Å². The van der Waals surface area contributed by atoms with Crippen LogP contribution in [0.2, 0.25) is 0 Å². The Kier molecular flexibility index (Phi) is 6.35. The number of carbonyl (C=O) groups excluding carboxylic acids is 2. The Hall–Kier alpha value is -2.61. The molecule has 2 rings (SSSR count). The number of benzene rings is 2. The number of nitrogens with one attached hydrogen (secondary N) is 1. The fourth-order valence-corrected chi connectivity index (χ4v) is 2.28. The average Bonchev–Trinajstić information content (AvgIpc) is 2.60. The number of rotatable bonds is 5. The van der Waals surface area contributed by atoms with Gasteiger partial charge in [-0.05, 0) is 42.5 Å². The van der Waals surface area contributed by atoms with Crippen LogP contribution >= 0.6 is 15.9 Å².